The number of halogens is 2. The van der Waals surface area contributed by atoms with Crippen LogP contribution in [0.4, 0.5) is 10.2 Å². The smallest absolute Gasteiger partial charge is 0.224 e. The van der Waals surface area contributed by atoms with Crippen LogP contribution in [0.5, 0.6) is 0 Å². The average Bonchev–Trinajstić information content (AvgIpc) is 2.78. The molecule has 2 aromatic heterocycles. The maximum Gasteiger partial charge on any atom is 0.224 e. The fourth-order valence-electron chi connectivity index (χ4n) is 5.32. The van der Waals surface area contributed by atoms with Crippen molar-refractivity contribution in [3.8, 4) is 0 Å². The van der Waals surface area contributed by atoms with Crippen molar-refractivity contribution in [2.75, 3.05) is 5.32 Å². The van der Waals surface area contributed by atoms with E-state index in [1.165, 1.54) is 24.5 Å². The van der Waals surface area contributed by atoms with Crippen LogP contribution >= 0.6 is 11.6 Å². The summed E-state index contributed by atoms with van der Waals surface area (Å²) >= 11 is 6.19. The Morgan fingerprint density at radius 2 is 1.82 bits per heavy atom. The fraction of sp³-hybridized carbons (Fsp3) is 0.370. The minimum atomic E-state index is -0.196. The molecule has 2 aromatic carbocycles. The zero-order valence-corrected chi connectivity index (χ0v) is 19.7. The van der Waals surface area contributed by atoms with E-state index in [2.05, 4.69) is 45.4 Å². The van der Waals surface area contributed by atoms with Crippen molar-refractivity contribution in [2.24, 2.45) is 5.92 Å². The van der Waals surface area contributed by atoms with Crippen LogP contribution in [-0.2, 0) is 0 Å². The highest BCUT2D eigenvalue weighted by Gasteiger charge is 2.25. The van der Waals surface area contributed by atoms with E-state index in [1.54, 1.807) is 12.1 Å². The summed E-state index contributed by atoms with van der Waals surface area (Å²) in [6, 6.07) is 13.4. The first-order chi connectivity index (χ1) is 16.0. The summed E-state index contributed by atoms with van der Waals surface area (Å²) in [6.07, 6.45) is 7.50. The van der Waals surface area contributed by atoms with Crippen LogP contribution < -0.4 is 5.32 Å². The van der Waals surface area contributed by atoms with Crippen molar-refractivity contribution in [1.29, 1.82) is 0 Å². The number of rotatable bonds is 5. The molecule has 4 aromatic rings. The van der Waals surface area contributed by atoms with Crippen LogP contribution in [0.25, 0.3) is 21.8 Å². The number of pyridine rings is 1. The summed E-state index contributed by atoms with van der Waals surface area (Å²) in [5, 5.41) is 5.80. The Balaban J connectivity index is 1.24. The van der Waals surface area contributed by atoms with Gasteiger partial charge in [-0.05, 0) is 117 Å². The third-order valence-corrected chi connectivity index (χ3v) is 7.09. The molecule has 1 fully saturated rings. The van der Waals surface area contributed by atoms with E-state index in [-0.39, 0.29) is 17.1 Å². The molecule has 1 aliphatic carbocycles. The van der Waals surface area contributed by atoms with E-state index < -0.39 is 0 Å². The van der Waals surface area contributed by atoms with E-state index in [0.717, 1.165) is 52.4 Å². The predicted molar refractivity (Wildman–Crippen MR) is 133 cm³/mol. The van der Waals surface area contributed by atoms with Crippen LogP contribution in [0.15, 0.2) is 48.7 Å². The summed E-state index contributed by atoms with van der Waals surface area (Å²) in [4.78, 5) is 13.2. The molecule has 1 N–H and O–H groups in total. The van der Waals surface area contributed by atoms with Gasteiger partial charge in [-0.2, -0.15) is 0 Å². The third-order valence-electron chi connectivity index (χ3n) is 6.92. The number of aromatic nitrogens is 3. The summed E-state index contributed by atoms with van der Waals surface area (Å²) < 4.78 is 13.9. The second-order valence-electron chi connectivity index (χ2n) is 9.42. The van der Waals surface area contributed by atoms with Gasteiger partial charge in [-0.15, -0.1) is 0 Å². The molecule has 1 atom stereocenters. The largest absolute Gasteiger partial charge is 0.367 e. The molecule has 170 valence electrons. The molecule has 0 amide bonds. The van der Waals surface area contributed by atoms with Crippen molar-refractivity contribution in [3.05, 3.63) is 70.9 Å². The highest BCUT2D eigenvalue weighted by Crippen LogP contribution is 2.40. The second-order valence-corrected chi connectivity index (χ2v) is 9.76. The van der Waals surface area contributed by atoms with Crippen LogP contribution in [0.1, 0.15) is 56.1 Å². The van der Waals surface area contributed by atoms with Gasteiger partial charge in [0.2, 0.25) is 5.28 Å². The van der Waals surface area contributed by atoms with Gasteiger partial charge in [0.05, 0.1) is 11.0 Å². The summed E-state index contributed by atoms with van der Waals surface area (Å²) in [6.45, 7) is 4.26. The maximum atomic E-state index is 13.9. The molecule has 0 bridgehead atoms. The molecule has 0 radical (unpaired) electrons. The molecule has 33 heavy (non-hydrogen) atoms. The molecule has 6 heteroatoms. The van der Waals surface area contributed by atoms with Gasteiger partial charge in [0.25, 0.3) is 0 Å². The summed E-state index contributed by atoms with van der Waals surface area (Å²) in [5.41, 5.74) is 4.13. The van der Waals surface area contributed by atoms with Gasteiger partial charge in [-0.1, -0.05) is 6.07 Å². The lowest BCUT2D eigenvalue weighted by molar-refractivity contribution is 0.302. The first-order valence-corrected chi connectivity index (χ1v) is 12.1. The Hall–Kier alpha value is -2.79. The molecular weight excluding hydrogens is 435 g/mol. The Labute approximate surface area is 198 Å². The van der Waals surface area contributed by atoms with E-state index in [4.69, 9.17) is 11.6 Å². The molecule has 0 aliphatic heterocycles. The number of hydrogen-bond acceptors (Lipinski definition) is 4. The number of hydrogen-bond donors (Lipinski definition) is 1. The Bertz CT molecular complexity index is 1300. The molecule has 1 saturated carbocycles. The lowest BCUT2D eigenvalue weighted by Crippen LogP contribution is -2.23. The topological polar surface area (TPSA) is 50.7 Å². The zero-order chi connectivity index (χ0) is 22.9. The van der Waals surface area contributed by atoms with Gasteiger partial charge in [0, 0.05) is 23.0 Å². The normalized spacial score (nSPS) is 19.6. The predicted octanol–water partition coefficient (Wildman–Crippen LogP) is 7.44. The average molecular weight is 463 g/mol. The molecular formula is C27H28ClFN4. The zero-order valence-electron chi connectivity index (χ0n) is 19.0. The molecule has 0 spiro atoms. The van der Waals surface area contributed by atoms with Crippen molar-refractivity contribution in [3.63, 3.8) is 0 Å². The monoisotopic (exact) mass is 462 g/mol. The van der Waals surface area contributed by atoms with Gasteiger partial charge in [0.1, 0.15) is 11.6 Å². The van der Waals surface area contributed by atoms with Crippen molar-refractivity contribution >= 4 is 39.2 Å². The minimum absolute atomic E-state index is 0.196. The van der Waals surface area contributed by atoms with E-state index in [1.807, 2.05) is 19.2 Å². The molecule has 1 aliphatic rings. The van der Waals surface area contributed by atoms with Crippen molar-refractivity contribution in [1.82, 2.24) is 15.0 Å². The number of benzene rings is 2. The lowest BCUT2D eigenvalue weighted by Gasteiger charge is -2.31. The summed E-state index contributed by atoms with van der Waals surface area (Å²) in [5.74, 6) is 1.72. The van der Waals surface area contributed by atoms with Crippen molar-refractivity contribution in [2.45, 2.75) is 57.9 Å². The molecule has 2 heterocycles. The third kappa shape index (κ3) is 4.79. The van der Waals surface area contributed by atoms with E-state index in [0.29, 0.717) is 11.8 Å². The van der Waals surface area contributed by atoms with Gasteiger partial charge in [0.15, 0.2) is 0 Å². The Morgan fingerprint density at radius 1 is 1.00 bits per heavy atom. The highest BCUT2D eigenvalue weighted by molar-refractivity contribution is 6.28. The van der Waals surface area contributed by atoms with Crippen LogP contribution in [0.2, 0.25) is 5.28 Å². The Morgan fingerprint density at radius 3 is 2.64 bits per heavy atom. The molecule has 0 unspecified atom stereocenters. The standard InChI is InChI=1S/C27H28ClFN4/c1-16-3-9-22-25(13-16)32-27(28)33-26(22)31-17(2)14-18-4-6-19(7-5-18)21-11-12-30-24-10-8-20(29)15-23(21)24/h3,8-13,15,17-19H,4-7,14H2,1-2H3,(H,31,32,33)/t17-,18-,19+/m1/s1. The van der Waals surface area contributed by atoms with Crippen molar-refractivity contribution < 1.29 is 4.39 Å². The number of nitrogens with one attached hydrogen (secondary N) is 1. The highest BCUT2D eigenvalue weighted by atomic mass is 35.5. The van der Waals surface area contributed by atoms with Gasteiger partial charge in [-0.25, -0.2) is 14.4 Å². The van der Waals surface area contributed by atoms with E-state index in [9.17, 15) is 4.39 Å². The quantitative estimate of drug-likeness (QED) is 0.313. The van der Waals surface area contributed by atoms with Gasteiger partial charge < -0.3 is 5.32 Å². The first-order valence-electron chi connectivity index (χ1n) is 11.7. The maximum absolute atomic E-state index is 13.9. The number of aryl methyl sites for hydroxylation is 1. The summed E-state index contributed by atoms with van der Waals surface area (Å²) in [7, 11) is 0. The molecule has 0 saturated heterocycles. The van der Waals surface area contributed by atoms with Crippen LogP contribution in [0.3, 0.4) is 0 Å². The number of anilines is 1. The van der Waals surface area contributed by atoms with E-state index >= 15 is 0 Å². The fourth-order valence-corrected chi connectivity index (χ4v) is 5.49. The van der Waals surface area contributed by atoms with Gasteiger partial charge in [-0.3, -0.25) is 4.98 Å². The Kier molecular flexibility index (Phi) is 6.15. The first kappa shape index (κ1) is 22.0. The molecule has 5 rings (SSSR count). The number of nitrogens with zero attached hydrogens (tertiary/aromatic N) is 3. The van der Waals surface area contributed by atoms with Gasteiger partial charge >= 0.3 is 0 Å². The van der Waals surface area contributed by atoms with Crippen LogP contribution in [-0.4, -0.2) is 21.0 Å². The number of fused-ring (bicyclic) bond motifs is 2. The molecule has 4 nitrogen and oxygen atoms in total. The van der Waals surface area contributed by atoms with Crippen LogP contribution in [0, 0.1) is 18.7 Å². The SMILES string of the molecule is Cc1ccc2c(N[C@H](C)C[C@H]3CC[C@@H](c4ccnc5ccc(F)cc54)CC3)nc(Cl)nc2c1. The second kappa shape index (κ2) is 9.22. The lowest BCUT2D eigenvalue weighted by atomic mass is 9.76. The minimum Gasteiger partial charge on any atom is -0.367 e.